The number of morpholine rings is 1. The molecule has 0 aliphatic carbocycles. The first-order valence-electron chi connectivity index (χ1n) is 13.0. The molecule has 3 aromatic rings. The Morgan fingerprint density at radius 3 is 2.50 bits per heavy atom. The Kier molecular flexibility index (Phi) is 6.78. The smallest absolute Gasteiger partial charge is 0.324 e. The van der Waals surface area contributed by atoms with Gasteiger partial charge < -0.3 is 24.7 Å². The highest BCUT2D eigenvalue weighted by molar-refractivity contribution is 6.04. The van der Waals surface area contributed by atoms with Crippen LogP contribution in [-0.2, 0) is 11.3 Å². The number of rotatable bonds is 5. The summed E-state index contributed by atoms with van der Waals surface area (Å²) in [6, 6.07) is 3.70. The quantitative estimate of drug-likeness (QED) is 0.504. The van der Waals surface area contributed by atoms with Gasteiger partial charge in [0.1, 0.15) is 11.7 Å². The number of aliphatic hydroxyl groups is 2. The standard InChI is InChI=1S/C26H32N8O4/c1-31-15-18-14-27-21-3-2-20(17-12-28-25(29-13-17)33-8-10-38-11-9-33)30-23(21)24(18)34(26(31)37)19-4-6-32(7-5-19)22(36)16-35/h2-3,12-14,19,22,35-36H,4-11,15-16H2,1H3. The number of fused-ring (bicyclic) bond motifs is 3. The van der Waals surface area contributed by atoms with Crippen LogP contribution >= 0.6 is 0 Å². The lowest BCUT2D eigenvalue weighted by Gasteiger charge is -2.43. The van der Waals surface area contributed by atoms with Crippen LogP contribution in [0.2, 0.25) is 0 Å². The van der Waals surface area contributed by atoms with Gasteiger partial charge in [-0.15, -0.1) is 0 Å². The highest BCUT2D eigenvalue weighted by Crippen LogP contribution is 2.37. The van der Waals surface area contributed by atoms with E-state index in [4.69, 9.17) is 9.72 Å². The number of aliphatic hydroxyl groups excluding tert-OH is 2. The van der Waals surface area contributed by atoms with E-state index < -0.39 is 6.23 Å². The van der Waals surface area contributed by atoms with Gasteiger partial charge in [-0.2, -0.15) is 0 Å². The number of piperidine rings is 1. The molecule has 2 fully saturated rings. The van der Waals surface area contributed by atoms with Crippen LogP contribution in [-0.4, -0.2) is 111 Å². The number of aromatic nitrogens is 4. The van der Waals surface area contributed by atoms with E-state index in [9.17, 15) is 15.0 Å². The molecule has 1 atom stereocenters. The van der Waals surface area contributed by atoms with Gasteiger partial charge in [-0.05, 0) is 25.0 Å². The third-order valence-corrected chi connectivity index (χ3v) is 7.62. The van der Waals surface area contributed by atoms with E-state index in [-0.39, 0.29) is 18.7 Å². The maximum atomic E-state index is 13.5. The summed E-state index contributed by atoms with van der Waals surface area (Å²) in [5, 5.41) is 19.4. The van der Waals surface area contributed by atoms with Crippen LogP contribution in [0.4, 0.5) is 16.4 Å². The summed E-state index contributed by atoms with van der Waals surface area (Å²) in [5.74, 6) is 0.675. The van der Waals surface area contributed by atoms with Crippen molar-refractivity contribution < 1.29 is 19.7 Å². The lowest BCUT2D eigenvalue weighted by molar-refractivity contribution is -0.0451. The second-order valence-electron chi connectivity index (χ2n) is 10.0. The van der Waals surface area contributed by atoms with Crippen molar-refractivity contribution in [2.45, 2.75) is 31.7 Å². The zero-order valence-electron chi connectivity index (χ0n) is 21.4. The summed E-state index contributed by atoms with van der Waals surface area (Å²) in [6.07, 6.45) is 5.88. The number of hydrogen-bond acceptors (Lipinski definition) is 10. The summed E-state index contributed by atoms with van der Waals surface area (Å²) < 4.78 is 5.42. The highest BCUT2D eigenvalue weighted by atomic mass is 16.5. The van der Waals surface area contributed by atoms with Crippen molar-refractivity contribution >= 4 is 28.7 Å². The van der Waals surface area contributed by atoms with Gasteiger partial charge in [-0.3, -0.25) is 14.8 Å². The summed E-state index contributed by atoms with van der Waals surface area (Å²) in [4.78, 5) is 39.8. The second kappa shape index (κ2) is 10.4. The number of carbonyl (C=O) groups is 1. The Labute approximate surface area is 220 Å². The van der Waals surface area contributed by atoms with Crippen molar-refractivity contribution in [1.82, 2.24) is 29.7 Å². The fraction of sp³-hybridized carbons (Fsp3) is 0.500. The number of nitrogens with zero attached hydrogens (tertiary/aromatic N) is 8. The SMILES string of the molecule is CN1Cc2cnc3ccc(-c4cnc(N5CCOCC5)nc4)nc3c2N(C2CCN(C(O)CO)CC2)C1=O. The van der Waals surface area contributed by atoms with Crippen LogP contribution in [0.5, 0.6) is 0 Å². The molecule has 12 nitrogen and oxygen atoms in total. The van der Waals surface area contributed by atoms with Crippen LogP contribution < -0.4 is 9.80 Å². The minimum absolute atomic E-state index is 0.0571. The Bertz CT molecular complexity index is 1310. The Hall–Kier alpha value is -3.45. The van der Waals surface area contributed by atoms with Gasteiger partial charge in [0, 0.05) is 69.0 Å². The first-order chi connectivity index (χ1) is 18.5. The fourth-order valence-electron chi connectivity index (χ4n) is 5.52. The van der Waals surface area contributed by atoms with Crippen molar-refractivity contribution in [3.63, 3.8) is 0 Å². The zero-order chi connectivity index (χ0) is 26.2. The summed E-state index contributed by atoms with van der Waals surface area (Å²) in [5.41, 5.74) is 4.64. The summed E-state index contributed by atoms with van der Waals surface area (Å²) in [7, 11) is 1.80. The predicted molar refractivity (Wildman–Crippen MR) is 141 cm³/mol. The first kappa shape index (κ1) is 24.9. The molecule has 6 rings (SSSR count). The second-order valence-corrected chi connectivity index (χ2v) is 10.0. The Balaban J connectivity index is 1.35. The molecule has 3 aliphatic rings. The molecule has 1 unspecified atom stereocenters. The van der Waals surface area contributed by atoms with E-state index >= 15 is 0 Å². The molecule has 3 aliphatic heterocycles. The summed E-state index contributed by atoms with van der Waals surface area (Å²) >= 11 is 0. The first-order valence-corrected chi connectivity index (χ1v) is 13.0. The minimum atomic E-state index is -0.880. The lowest BCUT2D eigenvalue weighted by Crippen LogP contribution is -2.55. The van der Waals surface area contributed by atoms with Crippen molar-refractivity contribution in [3.8, 4) is 11.3 Å². The van der Waals surface area contributed by atoms with Gasteiger partial charge in [-0.25, -0.2) is 19.7 Å². The van der Waals surface area contributed by atoms with Gasteiger partial charge in [0.2, 0.25) is 5.95 Å². The molecule has 0 spiro atoms. The van der Waals surface area contributed by atoms with Crippen molar-refractivity contribution in [3.05, 3.63) is 36.3 Å². The number of ether oxygens (including phenoxy) is 1. The van der Waals surface area contributed by atoms with Crippen LogP contribution in [0.25, 0.3) is 22.3 Å². The zero-order valence-corrected chi connectivity index (χ0v) is 21.4. The third kappa shape index (κ3) is 4.53. The van der Waals surface area contributed by atoms with Crippen molar-refractivity contribution in [2.75, 3.05) is 62.8 Å². The van der Waals surface area contributed by atoms with Gasteiger partial charge >= 0.3 is 6.03 Å². The molecule has 12 heteroatoms. The summed E-state index contributed by atoms with van der Waals surface area (Å²) in [6.45, 7) is 4.19. The molecular weight excluding hydrogens is 488 g/mol. The van der Waals surface area contributed by atoms with Gasteiger partial charge in [0.05, 0.1) is 43.3 Å². The van der Waals surface area contributed by atoms with Crippen molar-refractivity contribution in [2.24, 2.45) is 0 Å². The van der Waals surface area contributed by atoms with Crippen molar-refractivity contribution in [1.29, 1.82) is 0 Å². The largest absolute Gasteiger partial charge is 0.392 e. The highest BCUT2D eigenvalue weighted by Gasteiger charge is 2.38. The molecule has 0 saturated carbocycles. The number of hydrogen-bond donors (Lipinski definition) is 2. The molecule has 0 bridgehead atoms. The van der Waals surface area contributed by atoms with E-state index in [1.807, 2.05) is 28.1 Å². The maximum Gasteiger partial charge on any atom is 0.324 e. The van der Waals surface area contributed by atoms with Crippen LogP contribution in [0, 0.1) is 0 Å². The monoisotopic (exact) mass is 520 g/mol. The van der Waals surface area contributed by atoms with Crippen LogP contribution in [0.15, 0.2) is 30.7 Å². The Morgan fingerprint density at radius 2 is 1.79 bits per heavy atom. The Morgan fingerprint density at radius 1 is 1.05 bits per heavy atom. The van der Waals surface area contributed by atoms with E-state index in [0.29, 0.717) is 68.4 Å². The fourth-order valence-corrected chi connectivity index (χ4v) is 5.52. The average Bonchev–Trinajstić information content (AvgIpc) is 2.98. The molecule has 38 heavy (non-hydrogen) atoms. The topological polar surface area (TPSA) is 131 Å². The molecule has 0 radical (unpaired) electrons. The molecule has 2 saturated heterocycles. The number of amides is 2. The molecule has 6 heterocycles. The number of anilines is 2. The number of likely N-dealkylation sites (tertiary alicyclic amines) is 1. The molecule has 200 valence electrons. The van der Waals surface area contributed by atoms with E-state index in [0.717, 1.165) is 29.9 Å². The van der Waals surface area contributed by atoms with E-state index in [2.05, 4.69) is 19.9 Å². The molecule has 0 aromatic carbocycles. The number of carbonyl (C=O) groups excluding carboxylic acids is 1. The molecule has 3 aromatic heterocycles. The number of urea groups is 1. The molecule has 2 amide bonds. The minimum Gasteiger partial charge on any atom is -0.392 e. The van der Waals surface area contributed by atoms with E-state index in [1.165, 1.54) is 0 Å². The third-order valence-electron chi connectivity index (χ3n) is 7.62. The predicted octanol–water partition coefficient (Wildman–Crippen LogP) is 1.07. The molecule has 2 N–H and O–H groups in total. The van der Waals surface area contributed by atoms with Crippen LogP contribution in [0.3, 0.4) is 0 Å². The maximum absolute atomic E-state index is 13.5. The lowest BCUT2D eigenvalue weighted by atomic mass is 9.99. The van der Waals surface area contributed by atoms with Crippen LogP contribution in [0.1, 0.15) is 18.4 Å². The average molecular weight is 521 g/mol. The van der Waals surface area contributed by atoms with Gasteiger partial charge in [0.25, 0.3) is 0 Å². The van der Waals surface area contributed by atoms with Gasteiger partial charge in [0.15, 0.2) is 0 Å². The van der Waals surface area contributed by atoms with Gasteiger partial charge in [-0.1, -0.05) is 0 Å². The van der Waals surface area contributed by atoms with E-state index in [1.54, 1.807) is 24.3 Å². The molecular formula is C26H32N8O4. The normalized spacial score (nSPS) is 20.2. The number of pyridine rings is 2.